The fourth-order valence-corrected chi connectivity index (χ4v) is 4.11. The highest BCUT2D eigenvalue weighted by Gasteiger charge is 2.18. The van der Waals surface area contributed by atoms with Crippen molar-refractivity contribution in [3.8, 4) is 5.69 Å². The van der Waals surface area contributed by atoms with Crippen molar-refractivity contribution in [3.63, 3.8) is 0 Å². The minimum Gasteiger partial charge on any atom is -0.459 e. The van der Waals surface area contributed by atoms with Gasteiger partial charge in [0.1, 0.15) is 5.82 Å². The van der Waals surface area contributed by atoms with Crippen LogP contribution >= 0.6 is 11.8 Å². The lowest BCUT2D eigenvalue weighted by Gasteiger charge is -2.14. The van der Waals surface area contributed by atoms with Crippen molar-refractivity contribution in [1.29, 1.82) is 0 Å². The van der Waals surface area contributed by atoms with Gasteiger partial charge >= 0.3 is 5.91 Å². The number of carbonyl (C=O) groups excluding carboxylic acids is 2. The van der Waals surface area contributed by atoms with Crippen LogP contribution < -0.4 is 10.9 Å². The summed E-state index contributed by atoms with van der Waals surface area (Å²) in [5.74, 6) is 0.0409. The van der Waals surface area contributed by atoms with E-state index in [1.165, 1.54) is 24.1 Å². The number of rotatable bonds is 7. The van der Waals surface area contributed by atoms with E-state index in [-0.39, 0.29) is 17.4 Å². The van der Waals surface area contributed by atoms with E-state index in [9.17, 15) is 9.59 Å². The molecule has 9 heteroatoms. The van der Waals surface area contributed by atoms with Crippen molar-refractivity contribution in [3.05, 3.63) is 95.2 Å². The van der Waals surface area contributed by atoms with Gasteiger partial charge in [-0.1, -0.05) is 59.8 Å². The van der Waals surface area contributed by atoms with Crippen LogP contribution in [0.15, 0.2) is 76.5 Å². The zero-order valence-electron chi connectivity index (χ0n) is 18.2. The molecule has 168 valence electrons. The molecule has 0 aliphatic heterocycles. The molecule has 2 aromatic heterocycles. The first-order valence-electron chi connectivity index (χ1n) is 10.3. The SMILES string of the molecule is Cc1ccc(-n2c(Cc3ccccc3)nnc2SCC(=O)NNC(=O)c2ccco2)c(C)c1. The molecule has 0 spiro atoms. The Morgan fingerprint density at radius 2 is 1.82 bits per heavy atom. The smallest absolute Gasteiger partial charge is 0.305 e. The molecule has 33 heavy (non-hydrogen) atoms. The van der Waals surface area contributed by atoms with Gasteiger partial charge in [-0.05, 0) is 43.2 Å². The summed E-state index contributed by atoms with van der Waals surface area (Å²) in [6.07, 6.45) is 1.99. The minimum atomic E-state index is -0.526. The quantitative estimate of drug-likeness (QED) is 0.322. The highest BCUT2D eigenvalue weighted by molar-refractivity contribution is 7.99. The number of hydrazine groups is 1. The molecule has 0 radical (unpaired) electrons. The summed E-state index contributed by atoms with van der Waals surface area (Å²) in [7, 11) is 0. The van der Waals surface area contributed by atoms with Gasteiger partial charge in [0, 0.05) is 6.42 Å². The molecule has 4 aromatic rings. The van der Waals surface area contributed by atoms with Crippen LogP contribution in [0.4, 0.5) is 0 Å². The van der Waals surface area contributed by atoms with Gasteiger partial charge in [0.05, 0.1) is 17.7 Å². The van der Waals surface area contributed by atoms with Crippen LogP contribution in [0.2, 0.25) is 0 Å². The van der Waals surface area contributed by atoms with E-state index in [2.05, 4.69) is 27.1 Å². The number of aromatic nitrogens is 3. The Bertz CT molecular complexity index is 1250. The van der Waals surface area contributed by atoms with Gasteiger partial charge in [-0.2, -0.15) is 0 Å². The molecule has 2 amide bonds. The molecule has 0 aliphatic carbocycles. The number of hydrogen-bond donors (Lipinski definition) is 2. The monoisotopic (exact) mass is 461 g/mol. The Kier molecular flexibility index (Phi) is 6.89. The maximum absolute atomic E-state index is 12.3. The third kappa shape index (κ3) is 5.50. The van der Waals surface area contributed by atoms with Gasteiger partial charge < -0.3 is 4.42 Å². The van der Waals surface area contributed by atoms with Gasteiger partial charge in [-0.25, -0.2) is 0 Å². The van der Waals surface area contributed by atoms with Crippen LogP contribution in [0.1, 0.15) is 33.1 Å². The number of thioether (sulfide) groups is 1. The van der Waals surface area contributed by atoms with E-state index >= 15 is 0 Å². The van der Waals surface area contributed by atoms with Crippen LogP contribution in [0, 0.1) is 13.8 Å². The lowest BCUT2D eigenvalue weighted by molar-refractivity contribution is -0.119. The van der Waals surface area contributed by atoms with E-state index in [0.717, 1.165) is 28.2 Å². The largest absolute Gasteiger partial charge is 0.459 e. The van der Waals surface area contributed by atoms with Crippen molar-refractivity contribution < 1.29 is 14.0 Å². The Morgan fingerprint density at radius 3 is 2.55 bits per heavy atom. The zero-order chi connectivity index (χ0) is 23.2. The second kappa shape index (κ2) is 10.2. The Balaban J connectivity index is 1.51. The molecule has 0 atom stereocenters. The van der Waals surface area contributed by atoms with E-state index < -0.39 is 5.91 Å². The van der Waals surface area contributed by atoms with Crippen molar-refractivity contribution in [1.82, 2.24) is 25.6 Å². The van der Waals surface area contributed by atoms with Gasteiger partial charge in [0.15, 0.2) is 10.9 Å². The molecular formula is C24H23N5O3S. The molecule has 2 aromatic carbocycles. The van der Waals surface area contributed by atoms with E-state index in [0.29, 0.717) is 11.6 Å². The normalized spacial score (nSPS) is 10.7. The number of nitrogens with zero attached hydrogens (tertiary/aromatic N) is 3. The van der Waals surface area contributed by atoms with E-state index in [1.807, 2.05) is 60.9 Å². The van der Waals surface area contributed by atoms with E-state index in [1.54, 1.807) is 6.07 Å². The average Bonchev–Trinajstić information content (AvgIpc) is 3.48. The summed E-state index contributed by atoms with van der Waals surface area (Å²) in [5, 5.41) is 9.37. The van der Waals surface area contributed by atoms with Crippen molar-refractivity contribution in [2.24, 2.45) is 0 Å². The summed E-state index contributed by atoms with van der Waals surface area (Å²) < 4.78 is 6.99. The predicted octanol–water partition coefficient (Wildman–Crippen LogP) is 3.62. The molecule has 0 saturated heterocycles. The molecule has 2 N–H and O–H groups in total. The lowest BCUT2D eigenvalue weighted by atomic mass is 10.1. The third-order valence-electron chi connectivity index (χ3n) is 4.89. The summed E-state index contributed by atoms with van der Waals surface area (Å²) in [4.78, 5) is 24.2. The first-order chi connectivity index (χ1) is 16.0. The molecule has 0 saturated carbocycles. The Labute approximate surface area is 195 Å². The number of carbonyl (C=O) groups is 2. The first-order valence-corrected chi connectivity index (χ1v) is 11.3. The van der Waals surface area contributed by atoms with Crippen LogP contribution in [-0.2, 0) is 11.2 Å². The number of furan rings is 1. The third-order valence-corrected chi connectivity index (χ3v) is 5.82. The van der Waals surface area contributed by atoms with Crippen molar-refractivity contribution in [2.45, 2.75) is 25.4 Å². The maximum Gasteiger partial charge on any atom is 0.305 e. The van der Waals surface area contributed by atoms with Crippen LogP contribution in [0.5, 0.6) is 0 Å². The molecule has 0 unspecified atom stereocenters. The number of amides is 2. The van der Waals surface area contributed by atoms with Gasteiger partial charge in [0.25, 0.3) is 0 Å². The number of benzene rings is 2. The van der Waals surface area contributed by atoms with Crippen LogP contribution in [0.3, 0.4) is 0 Å². The van der Waals surface area contributed by atoms with Gasteiger partial charge in [0.2, 0.25) is 5.91 Å². The summed E-state index contributed by atoms with van der Waals surface area (Å²) in [6.45, 7) is 4.09. The fourth-order valence-electron chi connectivity index (χ4n) is 3.35. The average molecular weight is 462 g/mol. The maximum atomic E-state index is 12.3. The van der Waals surface area contributed by atoms with Crippen LogP contribution in [-0.4, -0.2) is 32.3 Å². The summed E-state index contributed by atoms with van der Waals surface area (Å²) in [6, 6.07) is 19.3. The fraction of sp³-hybridized carbons (Fsp3) is 0.167. The minimum absolute atomic E-state index is 0.0484. The number of nitrogens with one attached hydrogen (secondary N) is 2. The standard InChI is InChI=1S/C24H23N5O3S/c1-16-10-11-19(17(2)13-16)29-21(14-18-7-4-3-5-8-18)25-28-24(29)33-15-22(30)26-27-23(31)20-9-6-12-32-20/h3-13H,14-15H2,1-2H3,(H,26,30)(H,27,31). The molecular weight excluding hydrogens is 438 g/mol. The Morgan fingerprint density at radius 1 is 1.00 bits per heavy atom. The highest BCUT2D eigenvalue weighted by Crippen LogP contribution is 2.26. The molecule has 2 heterocycles. The molecule has 8 nitrogen and oxygen atoms in total. The summed E-state index contributed by atoms with van der Waals surface area (Å²) >= 11 is 1.25. The lowest BCUT2D eigenvalue weighted by Crippen LogP contribution is -2.42. The first kappa shape index (κ1) is 22.3. The van der Waals surface area contributed by atoms with Gasteiger partial charge in [-0.3, -0.25) is 25.0 Å². The van der Waals surface area contributed by atoms with E-state index in [4.69, 9.17) is 4.42 Å². The zero-order valence-corrected chi connectivity index (χ0v) is 19.1. The van der Waals surface area contributed by atoms with Crippen molar-refractivity contribution in [2.75, 3.05) is 5.75 Å². The molecule has 0 fully saturated rings. The van der Waals surface area contributed by atoms with Crippen molar-refractivity contribution >= 4 is 23.6 Å². The molecule has 0 aliphatic rings. The second-order valence-corrected chi connectivity index (χ2v) is 8.40. The predicted molar refractivity (Wildman–Crippen MR) is 125 cm³/mol. The second-order valence-electron chi connectivity index (χ2n) is 7.45. The number of aryl methyl sites for hydroxylation is 2. The Hall–Kier alpha value is -3.85. The highest BCUT2D eigenvalue weighted by atomic mass is 32.2. The van der Waals surface area contributed by atoms with Gasteiger partial charge in [-0.15, -0.1) is 10.2 Å². The molecule has 0 bridgehead atoms. The topological polar surface area (TPSA) is 102 Å². The molecule has 4 rings (SSSR count). The summed E-state index contributed by atoms with van der Waals surface area (Å²) in [5.41, 5.74) is 9.05. The van der Waals surface area contributed by atoms with Crippen LogP contribution in [0.25, 0.3) is 5.69 Å². The number of hydrogen-bond acceptors (Lipinski definition) is 6.